The Labute approximate surface area is 179 Å². The van der Waals surface area contributed by atoms with E-state index in [1.54, 1.807) is 4.90 Å². The summed E-state index contributed by atoms with van der Waals surface area (Å²) in [6.45, 7) is 3.78. The highest BCUT2D eigenvalue weighted by Gasteiger charge is 2.46. The topological polar surface area (TPSA) is 92.3 Å². The zero-order valence-electron chi connectivity index (χ0n) is 17.0. The number of nitrogens with zero attached hydrogens (tertiary/aromatic N) is 4. The molecule has 13 heteroatoms. The molecule has 32 heavy (non-hydrogen) atoms. The summed E-state index contributed by atoms with van der Waals surface area (Å²) in [4.78, 5) is 25.4. The molecule has 0 aliphatic carbocycles. The number of cyclic esters (lactones) is 1. The molecule has 4 rings (SSSR count). The highest BCUT2D eigenvalue weighted by Crippen LogP contribution is 2.44. The van der Waals surface area contributed by atoms with Crippen molar-refractivity contribution in [2.24, 2.45) is 0 Å². The lowest BCUT2D eigenvalue weighted by molar-refractivity contribution is -0.137. The van der Waals surface area contributed by atoms with Gasteiger partial charge in [0.1, 0.15) is 23.7 Å². The van der Waals surface area contributed by atoms with Gasteiger partial charge in [-0.2, -0.15) is 13.2 Å². The number of carbonyl (C=O) groups excluding carboxylic acids is 1. The van der Waals surface area contributed by atoms with Crippen molar-refractivity contribution in [2.75, 3.05) is 29.9 Å². The van der Waals surface area contributed by atoms with E-state index in [9.17, 15) is 26.7 Å². The fourth-order valence-electron chi connectivity index (χ4n) is 3.70. The molecule has 0 unspecified atom stereocenters. The number of fused-ring (bicyclic) bond motifs is 1. The van der Waals surface area contributed by atoms with Gasteiger partial charge in [0.05, 0.1) is 16.8 Å². The molecule has 1 saturated heterocycles. The number of nitrogens with one attached hydrogen (secondary N) is 2. The summed E-state index contributed by atoms with van der Waals surface area (Å²) in [6.07, 6.45) is -7.00. The maximum atomic E-state index is 14.3. The summed E-state index contributed by atoms with van der Waals surface area (Å²) in [7, 11) is 0. The van der Waals surface area contributed by atoms with Gasteiger partial charge in [-0.15, -0.1) is 0 Å². The molecule has 2 aromatic heterocycles. The van der Waals surface area contributed by atoms with Gasteiger partial charge in [-0.25, -0.2) is 28.5 Å². The van der Waals surface area contributed by atoms with Gasteiger partial charge in [0.2, 0.25) is 0 Å². The number of carbonyl (C=O) groups is 1. The van der Waals surface area contributed by atoms with Gasteiger partial charge in [-0.3, -0.25) is 5.32 Å². The lowest BCUT2D eigenvalue weighted by Crippen LogP contribution is -2.49. The first-order chi connectivity index (χ1) is 14.9. The Morgan fingerprint density at radius 1 is 1.19 bits per heavy atom. The molecule has 2 aromatic rings. The highest BCUT2D eigenvalue weighted by atomic mass is 19.4. The van der Waals surface area contributed by atoms with Crippen LogP contribution in [-0.2, 0) is 10.9 Å². The second kappa shape index (κ2) is 7.80. The molecule has 0 saturated carbocycles. The summed E-state index contributed by atoms with van der Waals surface area (Å²) < 4.78 is 74.3. The van der Waals surface area contributed by atoms with Crippen LogP contribution in [-0.4, -0.2) is 52.6 Å². The molecular weight excluding hydrogens is 439 g/mol. The maximum absolute atomic E-state index is 14.3. The Bertz CT molecular complexity index is 1040. The molecular formula is C19H19F5N6O2. The van der Waals surface area contributed by atoms with Crippen LogP contribution in [0.2, 0.25) is 0 Å². The van der Waals surface area contributed by atoms with Crippen LogP contribution in [0.15, 0.2) is 18.5 Å². The normalized spacial score (nSPS) is 21.6. The molecule has 0 aromatic carbocycles. The molecule has 172 valence electrons. The third kappa shape index (κ3) is 4.29. The predicted molar refractivity (Wildman–Crippen MR) is 103 cm³/mol. The van der Waals surface area contributed by atoms with Gasteiger partial charge < -0.3 is 15.0 Å². The number of ether oxygens (including phenoxy) is 1. The van der Waals surface area contributed by atoms with Crippen LogP contribution >= 0.6 is 0 Å². The minimum absolute atomic E-state index is 0.0159. The van der Waals surface area contributed by atoms with Crippen molar-refractivity contribution in [3.63, 3.8) is 0 Å². The van der Waals surface area contributed by atoms with Crippen molar-refractivity contribution in [3.05, 3.63) is 29.6 Å². The zero-order chi connectivity index (χ0) is 23.3. The molecule has 0 bridgehead atoms. The first-order valence-electron chi connectivity index (χ1n) is 9.72. The molecule has 0 radical (unpaired) electrons. The second-order valence-electron chi connectivity index (χ2n) is 7.75. The Morgan fingerprint density at radius 2 is 1.94 bits per heavy atom. The van der Waals surface area contributed by atoms with E-state index in [-0.39, 0.29) is 34.6 Å². The van der Waals surface area contributed by atoms with Crippen LogP contribution in [0, 0.1) is 0 Å². The van der Waals surface area contributed by atoms with E-state index in [1.165, 1.54) is 0 Å². The van der Waals surface area contributed by atoms with E-state index in [1.807, 2.05) is 6.92 Å². The molecule has 2 N–H and O–H groups in total. The number of rotatable bonds is 3. The minimum Gasteiger partial charge on any atom is -0.434 e. The second-order valence-corrected chi connectivity index (χ2v) is 7.75. The van der Waals surface area contributed by atoms with E-state index in [0.717, 1.165) is 18.5 Å². The highest BCUT2D eigenvalue weighted by molar-refractivity contribution is 5.88. The van der Waals surface area contributed by atoms with E-state index < -0.39 is 29.9 Å². The quantitative estimate of drug-likeness (QED) is 0.679. The molecule has 2 aliphatic heterocycles. The number of alkyl halides is 5. The first kappa shape index (κ1) is 22.1. The average molecular weight is 458 g/mol. The van der Waals surface area contributed by atoms with Crippen LogP contribution in [0.1, 0.15) is 31.1 Å². The van der Waals surface area contributed by atoms with Gasteiger partial charge in [0.15, 0.2) is 6.10 Å². The standard InChI is InChI=1S/C19H19F5N6O2/c1-9-7-30(4-3-25-9)12-6-10(19(22,23)24)5-11(28-12)14-13-15(18(2,20)21)32-17(31)29-16(13)27-8-26-14/h5-6,8-9,15,25H,3-4,7H2,1-2H3,(H,26,27,29,31)/t9-,15-/m0/s1. The SMILES string of the molecule is C[C@H]1CN(c2cc(C(F)(F)F)cc(-c3ncnc4c3[C@@H](C(C)(F)F)OC(=O)N4)n2)CCN1. The van der Waals surface area contributed by atoms with E-state index in [2.05, 4.69) is 25.6 Å². The fraction of sp³-hybridized carbons (Fsp3) is 0.474. The van der Waals surface area contributed by atoms with Crippen LogP contribution in [0.25, 0.3) is 11.4 Å². The van der Waals surface area contributed by atoms with Gasteiger partial charge in [-0.05, 0) is 19.1 Å². The summed E-state index contributed by atoms with van der Waals surface area (Å²) in [5.74, 6) is -3.78. The van der Waals surface area contributed by atoms with Crippen molar-refractivity contribution in [1.29, 1.82) is 0 Å². The largest absolute Gasteiger partial charge is 0.434 e. The van der Waals surface area contributed by atoms with Gasteiger partial charge in [-0.1, -0.05) is 0 Å². The molecule has 1 amide bonds. The van der Waals surface area contributed by atoms with Crippen molar-refractivity contribution in [3.8, 4) is 11.4 Å². The summed E-state index contributed by atoms with van der Waals surface area (Å²) in [5.41, 5.74) is -1.91. The van der Waals surface area contributed by atoms with Crippen molar-refractivity contribution in [1.82, 2.24) is 20.3 Å². The van der Waals surface area contributed by atoms with Crippen LogP contribution in [0.3, 0.4) is 0 Å². The van der Waals surface area contributed by atoms with Crippen molar-refractivity contribution < 1.29 is 31.5 Å². The van der Waals surface area contributed by atoms with Crippen LogP contribution in [0.4, 0.5) is 38.4 Å². The number of piperazine rings is 1. The van der Waals surface area contributed by atoms with E-state index >= 15 is 0 Å². The average Bonchev–Trinajstić information content (AvgIpc) is 2.71. The number of aromatic nitrogens is 3. The maximum Gasteiger partial charge on any atom is 0.416 e. The van der Waals surface area contributed by atoms with Gasteiger partial charge >= 0.3 is 12.3 Å². The Kier molecular flexibility index (Phi) is 5.39. The molecule has 2 aliphatic rings. The molecule has 0 spiro atoms. The van der Waals surface area contributed by atoms with E-state index in [0.29, 0.717) is 26.6 Å². The Balaban J connectivity index is 1.90. The minimum atomic E-state index is -4.71. The molecule has 2 atom stereocenters. The summed E-state index contributed by atoms with van der Waals surface area (Å²) in [6, 6.07) is 1.67. The first-order valence-corrected chi connectivity index (χ1v) is 9.72. The number of anilines is 2. The smallest absolute Gasteiger partial charge is 0.416 e. The Hall–Kier alpha value is -3.09. The Morgan fingerprint density at radius 3 is 2.59 bits per heavy atom. The zero-order valence-corrected chi connectivity index (χ0v) is 17.0. The lowest BCUT2D eigenvalue weighted by atomic mass is 9.99. The molecule has 1 fully saturated rings. The van der Waals surface area contributed by atoms with Crippen LogP contribution < -0.4 is 15.5 Å². The number of halogens is 5. The number of pyridine rings is 1. The monoisotopic (exact) mass is 458 g/mol. The fourth-order valence-corrected chi connectivity index (χ4v) is 3.70. The molecule has 8 nitrogen and oxygen atoms in total. The lowest BCUT2D eigenvalue weighted by Gasteiger charge is -2.33. The third-order valence-electron chi connectivity index (χ3n) is 5.13. The van der Waals surface area contributed by atoms with Gasteiger partial charge in [0, 0.05) is 32.6 Å². The van der Waals surface area contributed by atoms with Crippen molar-refractivity contribution >= 4 is 17.7 Å². The molecule has 4 heterocycles. The number of hydrogen-bond acceptors (Lipinski definition) is 7. The third-order valence-corrected chi connectivity index (χ3v) is 5.13. The number of amides is 1. The van der Waals surface area contributed by atoms with Gasteiger partial charge in [0.25, 0.3) is 5.92 Å². The van der Waals surface area contributed by atoms with Crippen molar-refractivity contribution in [2.45, 2.75) is 38.1 Å². The summed E-state index contributed by atoms with van der Waals surface area (Å²) in [5, 5.41) is 5.37. The van der Waals surface area contributed by atoms with Crippen LogP contribution in [0.5, 0.6) is 0 Å². The summed E-state index contributed by atoms with van der Waals surface area (Å²) >= 11 is 0. The van der Waals surface area contributed by atoms with E-state index in [4.69, 9.17) is 4.74 Å². The number of hydrogen-bond donors (Lipinski definition) is 2. The predicted octanol–water partition coefficient (Wildman–Crippen LogP) is 3.61.